The predicted octanol–water partition coefficient (Wildman–Crippen LogP) is 1.99. The van der Waals surface area contributed by atoms with Crippen LogP contribution in [-0.4, -0.2) is 21.6 Å². The van der Waals surface area contributed by atoms with Gasteiger partial charge in [0.2, 0.25) is 11.1 Å². The van der Waals surface area contributed by atoms with Crippen molar-refractivity contribution in [2.75, 3.05) is 12.0 Å². The van der Waals surface area contributed by atoms with Gasteiger partial charge in [0.05, 0.1) is 11.5 Å². The average Bonchev–Trinajstić information content (AvgIpc) is 2.42. The standard InChI is InChI=1S/C11H11F2N5OS/c1-2-19-10-15-9(18-14)16-11(17-10)20-8-4-3-6(12)5-7(8)13/h3-5H,2,14H2,1H3,(H,15,16,17,18). The van der Waals surface area contributed by atoms with E-state index in [1.54, 1.807) is 6.92 Å². The molecule has 2 rings (SSSR count). The highest BCUT2D eigenvalue weighted by Gasteiger charge is 2.11. The van der Waals surface area contributed by atoms with Gasteiger partial charge in [-0.15, -0.1) is 0 Å². The zero-order valence-electron chi connectivity index (χ0n) is 10.4. The fourth-order valence-corrected chi connectivity index (χ4v) is 2.04. The molecule has 0 spiro atoms. The second kappa shape index (κ2) is 6.44. The molecule has 0 aliphatic heterocycles. The van der Waals surface area contributed by atoms with E-state index < -0.39 is 11.6 Å². The van der Waals surface area contributed by atoms with Crippen LogP contribution in [0.5, 0.6) is 6.01 Å². The van der Waals surface area contributed by atoms with Crippen LogP contribution in [0.15, 0.2) is 28.3 Å². The molecule has 0 bridgehead atoms. The van der Waals surface area contributed by atoms with Crippen molar-refractivity contribution in [1.29, 1.82) is 0 Å². The van der Waals surface area contributed by atoms with Crippen molar-refractivity contribution in [2.45, 2.75) is 17.0 Å². The fraction of sp³-hybridized carbons (Fsp3) is 0.182. The number of hydrazine groups is 1. The first kappa shape index (κ1) is 14.4. The lowest BCUT2D eigenvalue weighted by Gasteiger charge is -2.06. The van der Waals surface area contributed by atoms with Gasteiger partial charge in [0, 0.05) is 6.07 Å². The SMILES string of the molecule is CCOc1nc(NN)nc(Sc2ccc(F)cc2F)n1. The zero-order chi connectivity index (χ0) is 14.5. The Kier molecular flexibility index (Phi) is 4.64. The molecule has 2 aromatic rings. The molecule has 9 heteroatoms. The van der Waals surface area contributed by atoms with Crippen LogP contribution in [0, 0.1) is 11.6 Å². The highest BCUT2D eigenvalue weighted by Crippen LogP contribution is 2.28. The largest absolute Gasteiger partial charge is 0.464 e. The number of benzene rings is 1. The van der Waals surface area contributed by atoms with Crippen LogP contribution < -0.4 is 16.0 Å². The smallest absolute Gasteiger partial charge is 0.322 e. The monoisotopic (exact) mass is 299 g/mol. The van der Waals surface area contributed by atoms with E-state index >= 15 is 0 Å². The minimum Gasteiger partial charge on any atom is -0.464 e. The Balaban J connectivity index is 2.29. The number of hydrogen-bond acceptors (Lipinski definition) is 7. The lowest BCUT2D eigenvalue weighted by Crippen LogP contribution is -2.12. The van der Waals surface area contributed by atoms with Gasteiger partial charge in [-0.05, 0) is 30.8 Å². The maximum Gasteiger partial charge on any atom is 0.322 e. The second-order valence-electron chi connectivity index (χ2n) is 3.48. The van der Waals surface area contributed by atoms with Crippen LogP contribution in [0.1, 0.15) is 6.92 Å². The highest BCUT2D eigenvalue weighted by molar-refractivity contribution is 7.99. The van der Waals surface area contributed by atoms with Gasteiger partial charge in [-0.1, -0.05) is 0 Å². The number of aromatic nitrogens is 3. The van der Waals surface area contributed by atoms with E-state index in [4.69, 9.17) is 10.6 Å². The first-order valence-corrected chi connectivity index (χ1v) is 6.42. The van der Waals surface area contributed by atoms with Gasteiger partial charge in [0.15, 0.2) is 0 Å². The molecule has 1 aromatic carbocycles. The summed E-state index contributed by atoms with van der Waals surface area (Å²) in [5.74, 6) is 3.98. The molecule has 6 nitrogen and oxygen atoms in total. The first-order chi connectivity index (χ1) is 9.62. The van der Waals surface area contributed by atoms with Crippen molar-refractivity contribution in [1.82, 2.24) is 15.0 Å². The summed E-state index contributed by atoms with van der Waals surface area (Å²) in [5, 5.41) is 0.182. The Morgan fingerprint density at radius 1 is 1.30 bits per heavy atom. The summed E-state index contributed by atoms with van der Waals surface area (Å²) >= 11 is 0.913. The second-order valence-corrected chi connectivity index (χ2v) is 4.49. The van der Waals surface area contributed by atoms with E-state index in [2.05, 4.69) is 20.4 Å². The number of nitrogens with two attached hydrogens (primary N) is 1. The van der Waals surface area contributed by atoms with Gasteiger partial charge < -0.3 is 4.74 Å². The molecule has 0 radical (unpaired) electrons. The zero-order valence-corrected chi connectivity index (χ0v) is 11.2. The van der Waals surface area contributed by atoms with Crippen molar-refractivity contribution in [2.24, 2.45) is 5.84 Å². The molecular weight excluding hydrogens is 288 g/mol. The summed E-state index contributed by atoms with van der Waals surface area (Å²) in [5.41, 5.74) is 2.27. The third kappa shape index (κ3) is 3.52. The minimum atomic E-state index is -0.698. The van der Waals surface area contributed by atoms with Gasteiger partial charge in [0.1, 0.15) is 11.6 Å². The third-order valence-corrected chi connectivity index (χ3v) is 3.01. The summed E-state index contributed by atoms with van der Waals surface area (Å²) in [6.45, 7) is 2.13. The maximum absolute atomic E-state index is 13.6. The number of nitrogen functional groups attached to an aromatic ring is 1. The van der Waals surface area contributed by atoms with Crippen molar-refractivity contribution < 1.29 is 13.5 Å². The number of anilines is 1. The van der Waals surface area contributed by atoms with Crippen molar-refractivity contribution >= 4 is 17.7 Å². The number of ether oxygens (including phenoxy) is 1. The molecule has 0 atom stereocenters. The highest BCUT2D eigenvalue weighted by atomic mass is 32.2. The van der Waals surface area contributed by atoms with Gasteiger partial charge in [-0.3, -0.25) is 5.43 Å². The number of halogens is 2. The molecular formula is C11H11F2N5OS. The van der Waals surface area contributed by atoms with Crippen LogP contribution >= 0.6 is 11.8 Å². The number of nitrogens with zero attached hydrogens (tertiary/aromatic N) is 3. The van der Waals surface area contributed by atoms with Gasteiger partial charge in [-0.25, -0.2) is 14.6 Å². The van der Waals surface area contributed by atoms with Crippen LogP contribution in [-0.2, 0) is 0 Å². The molecule has 0 fully saturated rings. The summed E-state index contributed by atoms with van der Waals surface area (Å²) in [7, 11) is 0. The van der Waals surface area contributed by atoms with Crippen molar-refractivity contribution in [3.8, 4) is 6.01 Å². The summed E-state index contributed by atoms with van der Waals surface area (Å²) < 4.78 is 31.5. The summed E-state index contributed by atoms with van der Waals surface area (Å²) in [6, 6.07) is 3.31. The Hall–Kier alpha value is -2.00. The maximum atomic E-state index is 13.6. The molecule has 0 amide bonds. The molecule has 20 heavy (non-hydrogen) atoms. The molecule has 1 aromatic heterocycles. The average molecular weight is 299 g/mol. The van der Waals surface area contributed by atoms with Crippen LogP contribution in [0.4, 0.5) is 14.7 Å². The predicted molar refractivity (Wildman–Crippen MR) is 69.3 cm³/mol. The van der Waals surface area contributed by atoms with E-state index in [1.807, 2.05) is 0 Å². The van der Waals surface area contributed by atoms with E-state index in [9.17, 15) is 8.78 Å². The van der Waals surface area contributed by atoms with Gasteiger partial charge >= 0.3 is 6.01 Å². The Morgan fingerprint density at radius 3 is 2.75 bits per heavy atom. The summed E-state index contributed by atoms with van der Waals surface area (Å²) in [4.78, 5) is 12.0. The van der Waals surface area contributed by atoms with Gasteiger partial charge in [-0.2, -0.15) is 15.0 Å². The van der Waals surface area contributed by atoms with Crippen LogP contribution in [0.25, 0.3) is 0 Å². The van der Waals surface area contributed by atoms with Crippen molar-refractivity contribution in [3.05, 3.63) is 29.8 Å². The molecule has 0 aliphatic rings. The van der Waals surface area contributed by atoms with Gasteiger partial charge in [0.25, 0.3) is 0 Å². The molecule has 0 saturated heterocycles. The normalized spacial score (nSPS) is 10.4. The summed E-state index contributed by atoms with van der Waals surface area (Å²) in [6.07, 6.45) is 0. The first-order valence-electron chi connectivity index (χ1n) is 5.60. The Morgan fingerprint density at radius 2 is 2.10 bits per heavy atom. The van der Waals surface area contributed by atoms with E-state index in [0.29, 0.717) is 6.61 Å². The lowest BCUT2D eigenvalue weighted by molar-refractivity contribution is 0.308. The molecule has 1 heterocycles. The molecule has 0 saturated carbocycles. The third-order valence-electron chi connectivity index (χ3n) is 2.09. The van der Waals surface area contributed by atoms with Crippen LogP contribution in [0.3, 0.4) is 0 Å². The number of hydrogen-bond donors (Lipinski definition) is 2. The fourth-order valence-electron chi connectivity index (χ4n) is 1.30. The van der Waals surface area contributed by atoms with Crippen LogP contribution in [0.2, 0.25) is 0 Å². The Bertz CT molecular complexity index is 613. The molecule has 0 aliphatic carbocycles. The minimum absolute atomic E-state index is 0.0699. The lowest BCUT2D eigenvalue weighted by atomic mass is 10.3. The number of nitrogens with one attached hydrogen (secondary N) is 1. The molecule has 106 valence electrons. The number of rotatable bonds is 5. The molecule has 3 N–H and O–H groups in total. The Labute approximate surface area is 117 Å². The quantitative estimate of drug-likeness (QED) is 0.645. The van der Waals surface area contributed by atoms with Crippen molar-refractivity contribution in [3.63, 3.8) is 0 Å². The van der Waals surface area contributed by atoms with E-state index in [0.717, 1.165) is 23.9 Å². The molecule has 0 unspecified atom stereocenters. The van der Waals surface area contributed by atoms with E-state index in [1.165, 1.54) is 6.07 Å². The van der Waals surface area contributed by atoms with E-state index in [-0.39, 0.29) is 22.0 Å². The topological polar surface area (TPSA) is 86.0 Å².